The molecule has 0 fully saturated rings. The summed E-state index contributed by atoms with van der Waals surface area (Å²) in [5.41, 5.74) is -0.149. The van der Waals surface area contributed by atoms with Crippen molar-refractivity contribution < 1.29 is 14.3 Å². The molecule has 3 nitrogen and oxygen atoms in total. The van der Waals surface area contributed by atoms with Gasteiger partial charge in [-0.25, -0.2) is 0 Å². The second kappa shape index (κ2) is 5.97. The molecule has 0 heterocycles. The Labute approximate surface area is 80.4 Å². The van der Waals surface area contributed by atoms with Crippen molar-refractivity contribution in [1.29, 1.82) is 0 Å². The van der Waals surface area contributed by atoms with Crippen molar-refractivity contribution in [2.24, 2.45) is 0 Å². The van der Waals surface area contributed by atoms with Crippen LogP contribution in [-0.4, -0.2) is 25.3 Å². The van der Waals surface area contributed by atoms with E-state index in [0.717, 1.165) is 19.3 Å². The van der Waals surface area contributed by atoms with Crippen LogP contribution in [0.25, 0.3) is 0 Å². The van der Waals surface area contributed by atoms with E-state index in [-0.39, 0.29) is 11.6 Å². The molecule has 0 aromatic carbocycles. The first-order valence-electron chi connectivity index (χ1n) is 4.72. The van der Waals surface area contributed by atoms with E-state index in [4.69, 9.17) is 9.47 Å². The van der Waals surface area contributed by atoms with Gasteiger partial charge < -0.3 is 9.47 Å². The van der Waals surface area contributed by atoms with Crippen molar-refractivity contribution in [3.63, 3.8) is 0 Å². The molecule has 0 aliphatic rings. The lowest BCUT2D eigenvalue weighted by molar-refractivity contribution is -0.142. The first-order valence-corrected chi connectivity index (χ1v) is 4.72. The van der Waals surface area contributed by atoms with Crippen LogP contribution < -0.4 is 0 Å². The highest BCUT2D eigenvalue weighted by molar-refractivity contribution is 5.65. The van der Waals surface area contributed by atoms with Crippen LogP contribution in [0, 0.1) is 0 Å². The SMILES string of the molecule is CCCC(C)(CCOC(C)=O)OC. The van der Waals surface area contributed by atoms with Gasteiger partial charge in [-0.2, -0.15) is 0 Å². The van der Waals surface area contributed by atoms with Crippen LogP contribution in [0.15, 0.2) is 0 Å². The molecule has 1 atom stereocenters. The van der Waals surface area contributed by atoms with E-state index in [9.17, 15) is 4.79 Å². The Morgan fingerprint density at radius 1 is 1.38 bits per heavy atom. The Hall–Kier alpha value is -0.570. The van der Waals surface area contributed by atoms with Gasteiger partial charge >= 0.3 is 5.97 Å². The molecule has 13 heavy (non-hydrogen) atoms. The third-order valence-corrected chi connectivity index (χ3v) is 2.21. The van der Waals surface area contributed by atoms with Gasteiger partial charge in [0, 0.05) is 20.5 Å². The van der Waals surface area contributed by atoms with Gasteiger partial charge in [-0.3, -0.25) is 4.79 Å². The molecule has 0 aromatic rings. The second-order valence-corrected chi connectivity index (χ2v) is 3.49. The number of ether oxygens (including phenoxy) is 2. The van der Waals surface area contributed by atoms with Crippen LogP contribution in [0.1, 0.15) is 40.0 Å². The van der Waals surface area contributed by atoms with E-state index in [1.807, 2.05) is 6.92 Å². The minimum absolute atomic E-state index is 0.149. The monoisotopic (exact) mass is 188 g/mol. The number of rotatable bonds is 6. The van der Waals surface area contributed by atoms with Gasteiger partial charge in [-0.05, 0) is 13.3 Å². The van der Waals surface area contributed by atoms with Gasteiger partial charge in [-0.15, -0.1) is 0 Å². The fraction of sp³-hybridized carbons (Fsp3) is 0.900. The van der Waals surface area contributed by atoms with Crippen LogP contribution in [0.3, 0.4) is 0 Å². The lowest BCUT2D eigenvalue weighted by Crippen LogP contribution is -2.29. The topological polar surface area (TPSA) is 35.5 Å². The maximum Gasteiger partial charge on any atom is 0.302 e. The maximum absolute atomic E-state index is 10.5. The molecule has 0 aliphatic carbocycles. The van der Waals surface area contributed by atoms with E-state index in [1.54, 1.807) is 7.11 Å². The number of methoxy groups -OCH3 is 1. The zero-order chi connectivity index (χ0) is 10.3. The Morgan fingerprint density at radius 2 is 2.00 bits per heavy atom. The first-order chi connectivity index (χ1) is 6.04. The van der Waals surface area contributed by atoms with Crippen molar-refractivity contribution in [1.82, 2.24) is 0 Å². The Balaban J connectivity index is 3.76. The Kier molecular flexibility index (Phi) is 5.71. The number of carbonyl (C=O) groups excluding carboxylic acids is 1. The molecule has 1 unspecified atom stereocenters. The van der Waals surface area contributed by atoms with Crippen molar-refractivity contribution in [2.75, 3.05) is 13.7 Å². The maximum atomic E-state index is 10.5. The fourth-order valence-corrected chi connectivity index (χ4v) is 1.27. The Bertz CT molecular complexity index is 156. The summed E-state index contributed by atoms with van der Waals surface area (Å²) in [7, 11) is 1.70. The van der Waals surface area contributed by atoms with Crippen LogP contribution in [-0.2, 0) is 14.3 Å². The fourth-order valence-electron chi connectivity index (χ4n) is 1.27. The molecule has 0 radical (unpaired) electrons. The van der Waals surface area contributed by atoms with E-state index in [2.05, 4.69) is 6.92 Å². The number of hydrogen-bond acceptors (Lipinski definition) is 3. The van der Waals surface area contributed by atoms with Gasteiger partial charge in [0.05, 0.1) is 12.2 Å². The van der Waals surface area contributed by atoms with E-state index in [1.165, 1.54) is 6.92 Å². The number of carbonyl (C=O) groups is 1. The summed E-state index contributed by atoms with van der Waals surface area (Å²) in [5.74, 6) is -0.227. The molecule has 0 rings (SSSR count). The zero-order valence-corrected chi connectivity index (χ0v) is 9.05. The third-order valence-electron chi connectivity index (χ3n) is 2.21. The van der Waals surface area contributed by atoms with Crippen LogP contribution in [0.4, 0.5) is 0 Å². The summed E-state index contributed by atoms with van der Waals surface area (Å²) in [6, 6.07) is 0. The lowest BCUT2D eigenvalue weighted by Gasteiger charge is -2.27. The third kappa shape index (κ3) is 5.64. The van der Waals surface area contributed by atoms with Gasteiger partial charge in [0.15, 0.2) is 0 Å². The molecule has 0 amide bonds. The minimum atomic E-state index is -0.227. The van der Waals surface area contributed by atoms with Gasteiger partial charge in [0.25, 0.3) is 0 Å². The summed E-state index contributed by atoms with van der Waals surface area (Å²) in [4.78, 5) is 10.5. The molecule has 0 aromatic heterocycles. The molecule has 0 N–H and O–H groups in total. The predicted molar refractivity (Wildman–Crippen MR) is 51.6 cm³/mol. The van der Waals surface area contributed by atoms with Crippen molar-refractivity contribution in [3.8, 4) is 0 Å². The minimum Gasteiger partial charge on any atom is -0.466 e. The zero-order valence-electron chi connectivity index (χ0n) is 9.05. The highest BCUT2D eigenvalue weighted by Crippen LogP contribution is 2.20. The summed E-state index contributed by atoms with van der Waals surface area (Å²) in [5, 5.41) is 0. The predicted octanol–water partition coefficient (Wildman–Crippen LogP) is 2.14. The normalized spacial score (nSPS) is 15.1. The van der Waals surface area contributed by atoms with Crippen molar-refractivity contribution in [2.45, 2.75) is 45.6 Å². The van der Waals surface area contributed by atoms with E-state index >= 15 is 0 Å². The van der Waals surface area contributed by atoms with E-state index in [0.29, 0.717) is 6.61 Å². The largest absolute Gasteiger partial charge is 0.466 e. The number of hydrogen-bond donors (Lipinski definition) is 0. The molecule has 0 spiro atoms. The Morgan fingerprint density at radius 3 is 2.38 bits per heavy atom. The summed E-state index contributed by atoms with van der Waals surface area (Å²) >= 11 is 0. The molecule has 0 saturated heterocycles. The molecule has 0 bridgehead atoms. The highest BCUT2D eigenvalue weighted by atomic mass is 16.5. The van der Waals surface area contributed by atoms with Gasteiger partial charge in [0.1, 0.15) is 0 Å². The van der Waals surface area contributed by atoms with Crippen LogP contribution in [0.5, 0.6) is 0 Å². The summed E-state index contributed by atoms with van der Waals surface area (Å²) in [6.45, 7) is 6.02. The molecule has 0 aliphatic heterocycles. The average Bonchev–Trinajstić information content (AvgIpc) is 2.04. The quantitative estimate of drug-likeness (QED) is 0.599. The molecular formula is C10H20O3. The molecule has 3 heteroatoms. The lowest BCUT2D eigenvalue weighted by atomic mass is 9.97. The van der Waals surface area contributed by atoms with Crippen LogP contribution >= 0.6 is 0 Å². The van der Waals surface area contributed by atoms with Crippen LogP contribution in [0.2, 0.25) is 0 Å². The standard InChI is InChI=1S/C10H20O3/c1-5-6-10(3,12-4)7-8-13-9(2)11/h5-8H2,1-4H3. The van der Waals surface area contributed by atoms with Crippen molar-refractivity contribution >= 4 is 5.97 Å². The molecule has 0 saturated carbocycles. The molecule has 78 valence electrons. The molecular weight excluding hydrogens is 168 g/mol. The highest BCUT2D eigenvalue weighted by Gasteiger charge is 2.22. The van der Waals surface area contributed by atoms with Crippen molar-refractivity contribution in [3.05, 3.63) is 0 Å². The smallest absolute Gasteiger partial charge is 0.302 e. The summed E-state index contributed by atoms with van der Waals surface area (Å²) < 4.78 is 10.2. The number of esters is 1. The first kappa shape index (κ1) is 12.4. The van der Waals surface area contributed by atoms with Gasteiger partial charge in [-0.1, -0.05) is 13.3 Å². The average molecular weight is 188 g/mol. The second-order valence-electron chi connectivity index (χ2n) is 3.49. The van der Waals surface area contributed by atoms with E-state index < -0.39 is 0 Å². The van der Waals surface area contributed by atoms with Gasteiger partial charge in [0.2, 0.25) is 0 Å². The summed E-state index contributed by atoms with van der Waals surface area (Å²) in [6.07, 6.45) is 2.83.